The van der Waals surface area contributed by atoms with E-state index in [1.807, 2.05) is 12.1 Å². The number of anilines is 2. The molecule has 4 aromatic rings. The Bertz CT molecular complexity index is 1350. The van der Waals surface area contributed by atoms with Gasteiger partial charge in [-0.3, -0.25) is 25.4 Å². The molecule has 0 spiro atoms. The SMILES string of the molecule is O=C(NNC(=O)c1c(Cl)cccc1Cl)c1ccc(Cl)c(Nc2nccc(-c3cccnc3)n2)c1. The molecule has 170 valence electrons. The van der Waals surface area contributed by atoms with Gasteiger partial charge in [0.05, 0.1) is 32.0 Å². The lowest BCUT2D eigenvalue weighted by atomic mass is 10.2. The minimum absolute atomic E-state index is 0.0511. The molecule has 0 saturated heterocycles. The third kappa shape index (κ3) is 5.43. The van der Waals surface area contributed by atoms with Crippen LogP contribution in [0.25, 0.3) is 11.3 Å². The van der Waals surface area contributed by atoms with E-state index in [0.717, 1.165) is 5.56 Å². The Labute approximate surface area is 209 Å². The van der Waals surface area contributed by atoms with Crippen molar-refractivity contribution in [3.8, 4) is 11.3 Å². The molecule has 34 heavy (non-hydrogen) atoms. The highest BCUT2D eigenvalue weighted by Crippen LogP contribution is 2.27. The zero-order valence-electron chi connectivity index (χ0n) is 17.2. The van der Waals surface area contributed by atoms with Crippen LogP contribution in [0.15, 0.2) is 73.2 Å². The first-order chi connectivity index (χ1) is 16.4. The van der Waals surface area contributed by atoms with E-state index >= 15 is 0 Å². The van der Waals surface area contributed by atoms with Crippen LogP contribution in [0.5, 0.6) is 0 Å². The molecule has 0 radical (unpaired) electrons. The number of hydrogen-bond acceptors (Lipinski definition) is 6. The van der Waals surface area contributed by atoms with E-state index in [1.165, 1.54) is 30.3 Å². The molecule has 0 saturated carbocycles. The molecule has 2 aromatic carbocycles. The van der Waals surface area contributed by atoms with Gasteiger partial charge in [-0.1, -0.05) is 40.9 Å². The van der Waals surface area contributed by atoms with Gasteiger partial charge in [0.2, 0.25) is 5.95 Å². The highest BCUT2D eigenvalue weighted by Gasteiger charge is 2.16. The molecule has 2 heterocycles. The summed E-state index contributed by atoms with van der Waals surface area (Å²) in [4.78, 5) is 37.7. The van der Waals surface area contributed by atoms with Gasteiger partial charge in [-0.15, -0.1) is 0 Å². The van der Waals surface area contributed by atoms with Gasteiger partial charge < -0.3 is 5.32 Å². The Morgan fingerprint density at radius 1 is 0.794 bits per heavy atom. The summed E-state index contributed by atoms with van der Waals surface area (Å²) >= 11 is 18.3. The number of halogens is 3. The fourth-order valence-corrected chi connectivity index (χ4v) is 3.67. The standard InChI is InChI=1S/C23H15Cl3N6O2/c24-15-7-6-13(21(33)31-32-22(34)20-16(25)4-1-5-17(20)26)11-19(15)30-23-28-10-8-18(29-23)14-3-2-9-27-12-14/h1-12H,(H,31,33)(H,32,34)(H,28,29,30). The van der Waals surface area contributed by atoms with Crippen LogP contribution in [0.2, 0.25) is 15.1 Å². The molecule has 0 aliphatic carbocycles. The van der Waals surface area contributed by atoms with Crippen LogP contribution in [-0.2, 0) is 0 Å². The average molecular weight is 514 g/mol. The van der Waals surface area contributed by atoms with E-state index in [0.29, 0.717) is 16.4 Å². The van der Waals surface area contributed by atoms with E-state index in [4.69, 9.17) is 34.8 Å². The number of carbonyl (C=O) groups excluding carboxylic acids is 2. The van der Waals surface area contributed by atoms with Gasteiger partial charge >= 0.3 is 0 Å². The smallest absolute Gasteiger partial charge is 0.272 e. The maximum atomic E-state index is 12.6. The number of nitrogens with one attached hydrogen (secondary N) is 3. The monoisotopic (exact) mass is 512 g/mol. The number of benzene rings is 2. The quantitative estimate of drug-likeness (QED) is 0.312. The number of hydrogen-bond donors (Lipinski definition) is 3. The van der Waals surface area contributed by atoms with Crippen molar-refractivity contribution >= 4 is 58.3 Å². The van der Waals surface area contributed by atoms with Crippen LogP contribution in [0, 0.1) is 0 Å². The molecule has 0 fully saturated rings. The Morgan fingerprint density at radius 2 is 1.56 bits per heavy atom. The zero-order chi connectivity index (χ0) is 24.1. The second kappa shape index (κ2) is 10.5. The first-order valence-corrected chi connectivity index (χ1v) is 10.9. The van der Waals surface area contributed by atoms with E-state index in [-0.39, 0.29) is 27.1 Å². The molecule has 8 nitrogen and oxygen atoms in total. The van der Waals surface area contributed by atoms with Crippen molar-refractivity contribution in [3.05, 3.63) is 99.4 Å². The number of aromatic nitrogens is 3. The Balaban J connectivity index is 1.48. The number of hydrazine groups is 1. The van der Waals surface area contributed by atoms with E-state index in [9.17, 15) is 9.59 Å². The highest BCUT2D eigenvalue weighted by atomic mass is 35.5. The average Bonchev–Trinajstić information content (AvgIpc) is 2.84. The zero-order valence-corrected chi connectivity index (χ0v) is 19.5. The van der Waals surface area contributed by atoms with E-state index < -0.39 is 11.8 Å². The lowest BCUT2D eigenvalue weighted by molar-refractivity contribution is 0.0847. The summed E-state index contributed by atoms with van der Waals surface area (Å²) in [5.41, 5.74) is 6.78. The molecule has 0 aliphatic rings. The molecule has 0 bridgehead atoms. The predicted octanol–water partition coefficient (Wildman–Crippen LogP) is 5.32. The normalized spacial score (nSPS) is 10.4. The number of nitrogens with zero attached hydrogens (tertiary/aromatic N) is 3. The first kappa shape index (κ1) is 23.4. The molecule has 4 rings (SSSR count). The maximum Gasteiger partial charge on any atom is 0.272 e. The summed E-state index contributed by atoms with van der Waals surface area (Å²) in [7, 11) is 0. The summed E-state index contributed by atoms with van der Waals surface area (Å²) in [6.45, 7) is 0. The lowest BCUT2D eigenvalue weighted by Gasteiger charge is -2.12. The number of pyridine rings is 1. The summed E-state index contributed by atoms with van der Waals surface area (Å²) in [5, 5.41) is 3.67. The third-order valence-electron chi connectivity index (χ3n) is 4.57. The van der Waals surface area contributed by atoms with Crippen molar-refractivity contribution in [2.45, 2.75) is 0 Å². The van der Waals surface area contributed by atoms with Crippen LogP contribution in [-0.4, -0.2) is 26.8 Å². The predicted molar refractivity (Wildman–Crippen MR) is 131 cm³/mol. The van der Waals surface area contributed by atoms with Crippen molar-refractivity contribution in [2.24, 2.45) is 0 Å². The fourth-order valence-electron chi connectivity index (χ4n) is 2.94. The Hall–Kier alpha value is -3.72. The Kier molecular flexibility index (Phi) is 7.22. The second-order valence-corrected chi connectivity index (χ2v) is 8.05. The van der Waals surface area contributed by atoms with Crippen molar-refractivity contribution in [2.75, 3.05) is 5.32 Å². The highest BCUT2D eigenvalue weighted by molar-refractivity contribution is 6.39. The molecule has 0 aliphatic heterocycles. The van der Waals surface area contributed by atoms with Crippen molar-refractivity contribution in [1.82, 2.24) is 25.8 Å². The first-order valence-electron chi connectivity index (χ1n) is 9.77. The van der Waals surface area contributed by atoms with Gasteiger partial charge in [-0.25, -0.2) is 9.97 Å². The molecule has 0 unspecified atom stereocenters. The topological polar surface area (TPSA) is 109 Å². The summed E-state index contributed by atoms with van der Waals surface area (Å²) < 4.78 is 0. The minimum Gasteiger partial charge on any atom is -0.323 e. The lowest BCUT2D eigenvalue weighted by Crippen LogP contribution is -2.41. The van der Waals surface area contributed by atoms with Gasteiger partial charge in [-0.2, -0.15) is 0 Å². The molecule has 2 aromatic heterocycles. The summed E-state index contributed by atoms with van der Waals surface area (Å²) in [6.07, 6.45) is 4.96. The van der Waals surface area contributed by atoms with Crippen molar-refractivity contribution in [3.63, 3.8) is 0 Å². The van der Waals surface area contributed by atoms with Crippen molar-refractivity contribution in [1.29, 1.82) is 0 Å². The number of carbonyl (C=O) groups is 2. The van der Waals surface area contributed by atoms with Crippen molar-refractivity contribution < 1.29 is 9.59 Å². The van der Waals surface area contributed by atoms with Crippen LogP contribution < -0.4 is 16.2 Å². The molecule has 0 atom stereocenters. The molecule has 11 heteroatoms. The van der Waals surface area contributed by atoms with Gasteiger partial charge in [0.1, 0.15) is 0 Å². The summed E-state index contributed by atoms with van der Waals surface area (Å²) in [6, 6.07) is 14.6. The van der Waals surface area contributed by atoms with Gasteiger partial charge in [-0.05, 0) is 48.5 Å². The van der Waals surface area contributed by atoms with Crippen LogP contribution in [0.4, 0.5) is 11.6 Å². The van der Waals surface area contributed by atoms with Gasteiger partial charge in [0.15, 0.2) is 0 Å². The number of amides is 2. The molecular formula is C23H15Cl3N6O2. The summed E-state index contributed by atoms with van der Waals surface area (Å²) in [5.74, 6) is -0.958. The number of rotatable bonds is 5. The fraction of sp³-hybridized carbons (Fsp3) is 0. The largest absolute Gasteiger partial charge is 0.323 e. The second-order valence-electron chi connectivity index (χ2n) is 6.83. The molecule has 2 amide bonds. The minimum atomic E-state index is -0.656. The van der Waals surface area contributed by atoms with Gasteiger partial charge in [0.25, 0.3) is 11.8 Å². The third-order valence-corrected chi connectivity index (χ3v) is 5.53. The van der Waals surface area contributed by atoms with E-state index in [1.54, 1.807) is 30.7 Å². The molecular weight excluding hydrogens is 499 g/mol. The van der Waals surface area contributed by atoms with Crippen LogP contribution in [0.3, 0.4) is 0 Å². The van der Waals surface area contributed by atoms with Crippen LogP contribution in [0.1, 0.15) is 20.7 Å². The van der Waals surface area contributed by atoms with Gasteiger partial charge in [0, 0.05) is 29.7 Å². The van der Waals surface area contributed by atoms with Crippen LogP contribution >= 0.6 is 34.8 Å². The Morgan fingerprint density at radius 3 is 2.29 bits per heavy atom. The van der Waals surface area contributed by atoms with E-state index in [2.05, 4.69) is 31.1 Å². The maximum absolute atomic E-state index is 12.6. The molecule has 3 N–H and O–H groups in total.